The zero-order valence-electron chi connectivity index (χ0n) is 8.88. The molecule has 0 heterocycles. The molecule has 0 amide bonds. The predicted molar refractivity (Wildman–Crippen MR) is 58.3 cm³/mol. The molecule has 1 fully saturated rings. The van der Waals surface area contributed by atoms with Crippen molar-refractivity contribution in [2.45, 2.75) is 44.4 Å². The van der Waals surface area contributed by atoms with Crippen molar-refractivity contribution in [1.29, 1.82) is 0 Å². The molecule has 0 aromatic heterocycles. The summed E-state index contributed by atoms with van der Waals surface area (Å²) in [6, 6.07) is 0.500. The molecule has 3 atom stereocenters. The smallest absolute Gasteiger partial charge is 0.0501 e. The molecule has 1 saturated carbocycles. The van der Waals surface area contributed by atoms with Crippen molar-refractivity contribution in [3.63, 3.8) is 0 Å². The third-order valence-electron chi connectivity index (χ3n) is 2.66. The lowest BCUT2D eigenvalue weighted by Crippen LogP contribution is -2.37. The van der Waals surface area contributed by atoms with Gasteiger partial charge >= 0.3 is 0 Å². The summed E-state index contributed by atoms with van der Waals surface area (Å²) in [6.07, 6.45) is 3.58. The second-order valence-corrected chi connectivity index (χ2v) is 6.01. The van der Waals surface area contributed by atoms with Gasteiger partial charge in [0.2, 0.25) is 0 Å². The molecule has 13 heavy (non-hydrogen) atoms. The Labute approximate surface area is 83.9 Å². The monoisotopic (exact) mass is 203 g/mol. The fourth-order valence-electron chi connectivity index (χ4n) is 2.02. The number of hydrogen-bond donors (Lipinski definition) is 1. The van der Waals surface area contributed by atoms with Crippen molar-refractivity contribution < 1.29 is 4.21 Å². The molecule has 0 saturated heterocycles. The van der Waals surface area contributed by atoms with E-state index in [2.05, 4.69) is 19.2 Å². The lowest BCUT2D eigenvalue weighted by Gasteiger charge is -2.19. The molecule has 0 aliphatic heterocycles. The Morgan fingerprint density at radius 3 is 2.69 bits per heavy atom. The van der Waals surface area contributed by atoms with Gasteiger partial charge in [0.05, 0.1) is 5.25 Å². The summed E-state index contributed by atoms with van der Waals surface area (Å²) < 4.78 is 11.9. The summed E-state index contributed by atoms with van der Waals surface area (Å²) in [5, 5.41) is 3.68. The van der Waals surface area contributed by atoms with Crippen LogP contribution in [0.3, 0.4) is 0 Å². The molecule has 3 unspecified atom stereocenters. The van der Waals surface area contributed by atoms with E-state index in [4.69, 9.17) is 0 Å². The molecule has 78 valence electrons. The van der Waals surface area contributed by atoms with E-state index in [0.29, 0.717) is 17.2 Å². The van der Waals surface area contributed by atoms with E-state index in [1.165, 1.54) is 12.8 Å². The summed E-state index contributed by atoms with van der Waals surface area (Å²) in [4.78, 5) is 0. The predicted octanol–water partition coefficient (Wildman–Crippen LogP) is 1.53. The highest BCUT2D eigenvalue weighted by Crippen LogP contribution is 2.24. The average molecular weight is 203 g/mol. The summed E-state index contributed by atoms with van der Waals surface area (Å²) in [5.74, 6) is 1.42. The van der Waals surface area contributed by atoms with Gasteiger partial charge in [-0.15, -0.1) is 0 Å². The van der Waals surface area contributed by atoms with Crippen LogP contribution in [0.4, 0.5) is 0 Å². The lowest BCUT2D eigenvalue weighted by molar-refractivity contribution is 0.572. The van der Waals surface area contributed by atoms with E-state index < -0.39 is 10.8 Å². The van der Waals surface area contributed by atoms with Crippen LogP contribution in [0.15, 0.2) is 0 Å². The van der Waals surface area contributed by atoms with E-state index in [1.807, 2.05) is 7.05 Å². The largest absolute Gasteiger partial charge is 0.316 e. The molecule has 0 radical (unpaired) electrons. The SMILES string of the molecule is CNC1CCCC1S(=O)CC(C)C. The van der Waals surface area contributed by atoms with Gasteiger partial charge in [0.25, 0.3) is 0 Å². The normalized spacial score (nSPS) is 31.1. The van der Waals surface area contributed by atoms with Crippen molar-refractivity contribution in [3.05, 3.63) is 0 Å². The standard InChI is InChI=1S/C10H21NOS/c1-8(2)7-13(12)10-6-4-5-9(10)11-3/h8-11H,4-7H2,1-3H3. The van der Waals surface area contributed by atoms with E-state index in [9.17, 15) is 4.21 Å². The molecular formula is C10H21NOS. The highest BCUT2D eigenvalue weighted by Gasteiger charge is 2.30. The topological polar surface area (TPSA) is 29.1 Å². The van der Waals surface area contributed by atoms with E-state index >= 15 is 0 Å². The molecule has 0 aromatic carbocycles. The Morgan fingerprint density at radius 2 is 2.15 bits per heavy atom. The molecule has 0 aromatic rings. The maximum atomic E-state index is 11.9. The van der Waals surface area contributed by atoms with Gasteiger partial charge in [0.15, 0.2) is 0 Å². The van der Waals surface area contributed by atoms with Gasteiger partial charge in [-0.25, -0.2) is 0 Å². The van der Waals surface area contributed by atoms with Crippen LogP contribution in [-0.2, 0) is 10.8 Å². The summed E-state index contributed by atoms with van der Waals surface area (Å²) >= 11 is 0. The van der Waals surface area contributed by atoms with Gasteiger partial charge in [-0.3, -0.25) is 4.21 Å². The maximum Gasteiger partial charge on any atom is 0.0501 e. The van der Waals surface area contributed by atoms with Gasteiger partial charge in [0, 0.05) is 22.6 Å². The van der Waals surface area contributed by atoms with E-state index in [-0.39, 0.29) is 0 Å². The molecule has 0 spiro atoms. The van der Waals surface area contributed by atoms with Crippen LogP contribution >= 0.6 is 0 Å². The first-order chi connectivity index (χ1) is 6.15. The van der Waals surface area contributed by atoms with Crippen LogP contribution in [-0.4, -0.2) is 28.3 Å². The van der Waals surface area contributed by atoms with Crippen LogP contribution < -0.4 is 5.32 Å². The van der Waals surface area contributed by atoms with Gasteiger partial charge in [-0.2, -0.15) is 0 Å². The molecule has 0 bridgehead atoms. The first kappa shape index (κ1) is 11.2. The van der Waals surface area contributed by atoms with Gasteiger partial charge < -0.3 is 5.32 Å². The second-order valence-electron chi connectivity index (χ2n) is 4.31. The van der Waals surface area contributed by atoms with Gasteiger partial charge in [0.1, 0.15) is 0 Å². The minimum absolute atomic E-state index is 0.410. The minimum atomic E-state index is -0.618. The van der Waals surface area contributed by atoms with Crippen molar-refractivity contribution in [1.82, 2.24) is 5.32 Å². The van der Waals surface area contributed by atoms with Gasteiger partial charge in [-0.05, 0) is 25.8 Å². The van der Waals surface area contributed by atoms with Crippen molar-refractivity contribution in [3.8, 4) is 0 Å². The van der Waals surface area contributed by atoms with E-state index in [0.717, 1.165) is 12.2 Å². The fraction of sp³-hybridized carbons (Fsp3) is 1.00. The minimum Gasteiger partial charge on any atom is -0.316 e. The molecule has 2 nitrogen and oxygen atoms in total. The summed E-state index contributed by atoms with van der Waals surface area (Å²) in [7, 11) is 1.36. The molecule has 1 N–H and O–H groups in total. The molecule has 3 heteroatoms. The molecule has 1 aliphatic rings. The fourth-order valence-corrected chi connectivity index (χ4v) is 4.00. The van der Waals surface area contributed by atoms with Crippen LogP contribution in [0, 0.1) is 5.92 Å². The third kappa shape index (κ3) is 3.06. The molecule has 1 aliphatic carbocycles. The van der Waals surface area contributed by atoms with Crippen LogP contribution in [0.1, 0.15) is 33.1 Å². The Morgan fingerprint density at radius 1 is 1.46 bits per heavy atom. The second kappa shape index (κ2) is 5.11. The number of nitrogens with one attached hydrogen (secondary N) is 1. The van der Waals surface area contributed by atoms with Crippen LogP contribution in [0.2, 0.25) is 0 Å². The Hall–Kier alpha value is 0.110. The molecule has 1 rings (SSSR count). The van der Waals surface area contributed by atoms with Gasteiger partial charge in [-0.1, -0.05) is 20.3 Å². The number of rotatable bonds is 4. The molecular weight excluding hydrogens is 182 g/mol. The van der Waals surface area contributed by atoms with Crippen molar-refractivity contribution in [2.24, 2.45) is 5.92 Å². The first-order valence-electron chi connectivity index (χ1n) is 5.19. The average Bonchev–Trinajstić information content (AvgIpc) is 2.49. The zero-order chi connectivity index (χ0) is 9.84. The summed E-state index contributed by atoms with van der Waals surface area (Å²) in [6.45, 7) is 4.28. The highest BCUT2D eigenvalue weighted by atomic mass is 32.2. The van der Waals surface area contributed by atoms with Crippen LogP contribution in [0.25, 0.3) is 0 Å². The Balaban J connectivity index is 2.45. The zero-order valence-corrected chi connectivity index (χ0v) is 9.69. The van der Waals surface area contributed by atoms with Crippen molar-refractivity contribution >= 4 is 10.8 Å². The van der Waals surface area contributed by atoms with E-state index in [1.54, 1.807) is 0 Å². The number of hydrogen-bond acceptors (Lipinski definition) is 2. The Bertz CT molecular complexity index is 182. The van der Waals surface area contributed by atoms with Crippen molar-refractivity contribution in [2.75, 3.05) is 12.8 Å². The lowest BCUT2D eigenvalue weighted by atomic mass is 10.2. The highest BCUT2D eigenvalue weighted by molar-refractivity contribution is 7.85. The summed E-state index contributed by atoms with van der Waals surface area (Å²) in [5.41, 5.74) is 0. The quantitative estimate of drug-likeness (QED) is 0.751. The Kier molecular flexibility index (Phi) is 4.39. The third-order valence-corrected chi connectivity index (χ3v) is 4.89. The first-order valence-corrected chi connectivity index (χ1v) is 6.57. The van der Waals surface area contributed by atoms with Crippen LogP contribution in [0.5, 0.6) is 0 Å². The maximum absolute atomic E-state index is 11.9.